The molecule has 2 aliphatic heterocycles. The van der Waals surface area contributed by atoms with Gasteiger partial charge in [-0.1, -0.05) is 13.3 Å². The smallest absolute Gasteiger partial charge is 0.235 e. The fourth-order valence-corrected chi connectivity index (χ4v) is 5.26. The summed E-state index contributed by atoms with van der Waals surface area (Å²) in [4.78, 5) is 25.7. The van der Waals surface area contributed by atoms with Gasteiger partial charge in [0.05, 0.1) is 17.1 Å². The Labute approximate surface area is 178 Å². The van der Waals surface area contributed by atoms with Gasteiger partial charge in [0.1, 0.15) is 0 Å². The van der Waals surface area contributed by atoms with E-state index in [-0.39, 0.29) is 5.91 Å². The highest BCUT2D eigenvalue weighted by atomic mass is 16.2. The van der Waals surface area contributed by atoms with Crippen molar-refractivity contribution < 1.29 is 9.59 Å². The Morgan fingerprint density at radius 3 is 2.67 bits per heavy atom. The molecule has 7 heteroatoms. The molecule has 0 bridgehead atoms. The second-order valence-electron chi connectivity index (χ2n) is 8.92. The molecule has 0 saturated carbocycles. The number of benzene rings is 1. The summed E-state index contributed by atoms with van der Waals surface area (Å²) in [6.45, 7) is 6.53. The van der Waals surface area contributed by atoms with Crippen LogP contribution in [0.2, 0.25) is 0 Å². The van der Waals surface area contributed by atoms with Gasteiger partial charge in [-0.2, -0.15) is 5.10 Å². The van der Waals surface area contributed by atoms with Crippen LogP contribution in [0.1, 0.15) is 57.1 Å². The van der Waals surface area contributed by atoms with Crippen molar-refractivity contribution in [1.29, 1.82) is 0 Å². The van der Waals surface area contributed by atoms with Gasteiger partial charge >= 0.3 is 0 Å². The minimum atomic E-state index is -0.412. The van der Waals surface area contributed by atoms with E-state index in [2.05, 4.69) is 38.8 Å². The van der Waals surface area contributed by atoms with Crippen molar-refractivity contribution in [2.45, 2.75) is 51.4 Å². The standard InChI is InChI=1S/C23H33N5O2/c1-3-4-19(22(30)25-16-29)21-18-6-5-17(15-20(18)27(2)26-21)28-13-9-23(10-14-28)7-11-24-12-8-23/h5-6,15-16,19,24H,3-4,7-14H2,1-2H3,(H,25,29,30). The van der Waals surface area contributed by atoms with Crippen LogP contribution in [0.5, 0.6) is 0 Å². The molecular weight excluding hydrogens is 378 g/mol. The Bertz CT molecular complexity index is 906. The van der Waals surface area contributed by atoms with Crippen molar-refractivity contribution in [3.63, 3.8) is 0 Å². The van der Waals surface area contributed by atoms with Crippen LogP contribution in [0.25, 0.3) is 10.9 Å². The van der Waals surface area contributed by atoms with E-state index >= 15 is 0 Å². The number of nitrogens with zero attached hydrogens (tertiary/aromatic N) is 3. The number of carbonyl (C=O) groups excluding carboxylic acids is 2. The first kappa shape index (κ1) is 20.8. The van der Waals surface area contributed by atoms with Gasteiger partial charge in [-0.15, -0.1) is 0 Å². The maximum Gasteiger partial charge on any atom is 0.235 e. The first-order valence-electron chi connectivity index (χ1n) is 11.2. The molecule has 2 fully saturated rings. The number of amides is 2. The molecule has 30 heavy (non-hydrogen) atoms. The Morgan fingerprint density at radius 2 is 2.00 bits per heavy atom. The summed E-state index contributed by atoms with van der Waals surface area (Å²) in [6, 6.07) is 6.46. The lowest BCUT2D eigenvalue weighted by Crippen LogP contribution is -2.45. The van der Waals surface area contributed by atoms with Gasteiger partial charge in [-0.25, -0.2) is 0 Å². The van der Waals surface area contributed by atoms with E-state index in [1.165, 1.54) is 31.4 Å². The van der Waals surface area contributed by atoms with Crippen LogP contribution in [0.3, 0.4) is 0 Å². The molecule has 2 aromatic rings. The number of fused-ring (bicyclic) bond motifs is 1. The molecule has 3 heterocycles. The number of hydrogen-bond donors (Lipinski definition) is 2. The van der Waals surface area contributed by atoms with Gasteiger partial charge in [0.15, 0.2) is 0 Å². The molecule has 7 nitrogen and oxygen atoms in total. The van der Waals surface area contributed by atoms with E-state index in [1.54, 1.807) is 0 Å². The average molecular weight is 412 g/mol. The molecule has 0 radical (unpaired) electrons. The minimum absolute atomic E-state index is 0.278. The molecule has 2 saturated heterocycles. The van der Waals surface area contributed by atoms with Crippen LogP contribution in [0.4, 0.5) is 5.69 Å². The maximum atomic E-state index is 12.4. The number of carbonyl (C=O) groups is 2. The first-order valence-corrected chi connectivity index (χ1v) is 11.2. The summed E-state index contributed by atoms with van der Waals surface area (Å²) >= 11 is 0. The van der Waals surface area contributed by atoms with Gasteiger partial charge < -0.3 is 10.2 Å². The van der Waals surface area contributed by atoms with Gasteiger partial charge in [-0.3, -0.25) is 19.6 Å². The third kappa shape index (κ3) is 3.95. The topological polar surface area (TPSA) is 79.3 Å². The highest BCUT2D eigenvalue weighted by Crippen LogP contribution is 2.41. The van der Waals surface area contributed by atoms with Crippen LogP contribution in [0, 0.1) is 5.41 Å². The van der Waals surface area contributed by atoms with Gasteiger partial charge in [0.2, 0.25) is 12.3 Å². The van der Waals surface area contributed by atoms with Crippen LogP contribution in [-0.2, 0) is 16.6 Å². The quantitative estimate of drug-likeness (QED) is 0.715. The molecule has 1 unspecified atom stereocenters. The minimum Gasteiger partial charge on any atom is -0.371 e. The van der Waals surface area contributed by atoms with Gasteiger partial charge in [0, 0.05) is 31.2 Å². The van der Waals surface area contributed by atoms with Crippen molar-refractivity contribution >= 4 is 28.9 Å². The molecule has 1 aromatic heterocycles. The van der Waals surface area contributed by atoms with Crippen molar-refractivity contribution in [2.24, 2.45) is 12.5 Å². The molecule has 0 aliphatic carbocycles. The third-order valence-electron chi connectivity index (χ3n) is 7.14. The molecule has 162 valence electrons. The third-order valence-corrected chi connectivity index (χ3v) is 7.14. The SMILES string of the molecule is CCCC(C(=O)NC=O)c1nn(C)c2cc(N3CCC4(CCNCC4)CC3)ccc12. The highest BCUT2D eigenvalue weighted by molar-refractivity contribution is 5.95. The summed E-state index contributed by atoms with van der Waals surface area (Å²) in [5.74, 6) is -0.691. The van der Waals surface area contributed by atoms with Crippen molar-refractivity contribution in [3.8, 4) is 0 Å². The van der Waals surface area contributed by atoms with Crippen LogP contribution >= 0.6 is 0 Å². The monoisotopic (exact) mass is 411 g/mol. The van der Waals surface area contributed by atoms with Crippen LogP contribution in [0.15, 0.2) is 18.2 Å². The molecule has 1 aromatic carbocycles. The predicted octanol–water partition coefficient (Wildman–Crippen LogP) is 2.70. The zero-order valence-corrected chi connectivity index (χ0v) is 18.1. The van der Waals surface area contributed by atoms with E-state index in [0.29, 0.717) is 18.2 Å². The number of hydrogen-bond acceptors (Lipinski definition) is 5. The summed E-state index contributed by atoms with van der Waals surface area (Å²) in [5, 5.41) is 11.5. The summed E-state index contributed by atoms with van der Waals surface area (Å²) < 4.78 is 1.86. The first-order chi connectivity index (χ1) is 14.6. The second kappa shape index (κ2) is 8.76. The van der Waals surface area contributed by atoms with Gasteiger partial charge in [-0.05, 0) is 68.8 Å². The Morgan fingerprint density at radius 1 is 1.27 bits per heavy atom. The summed E-state index contributed by atoms with van der Waals surface area (Å²) in [5.41, 5.74) is 3.55. The lowest BCUT2D eigenvalue weighted by molar-refractivity contribution is -0.126. The second-order valence-corrected chi connectivity index (χ2v) is 8.92. The number of aryl methyl sites for hydroxylation is 1. The van der Waals surface area contributed by atoms with Gasteiger partial charge in [0.25, 0.3) is 0 Å². The zero-order valence-electron chi connectivity index (χ0n) is 18.1. The van der Waals surface area contributed by atoms with E-state index in [1.807, 2.05) is 18.7 Å². The highest BCUT2D eigenvalue weighted by Gasteiger charge is 2.35. The normalized spacial score (nSPS) is 19.7. The lowest BCUT2D eigenvalue weighted by atomic mass is 9.71. The zero-order chi connectivity index (χ0) is 21.1. The van der Waals surface area contributed by atoms with Crippen molar-refractivity contribution in [3.05, 3.63) is 23.9 Å². The number of anilines is 1. The number of piperidine rings is 2. The molecule has 4 rings (SSSR count). The Kier molecular flexibility index (Phi) is 6.09. The number of rotatable bonds is 6. The van der Waals surface area contributed by atoms with Crippen molar-refractivity contribution in [2.75, 3.05) is 31.1 Å². The largest absolute Gasteiger partial charge is 0.371 e. The molecule has 1 spiro atoms. The average Bonchev–Trinajstić information content (AvgIpc) is 3.09. The van der Waals surface area contributed by atoms with E-state index in [0.717, 1.165) is 49.2 Å². The van der Waals surface area contributed by atoms with E-state index in [9.17, 15) is 9.59 Å². The molecule has 2 aliphatic rings. The van der Waals surface area contributed by atoms with Crippen LogP contribution < -0.4 is 15.5 Å². The number of aromatic nitrogens is 2. The molecule has 1 atom stereocenters. The Hall–Kier alpha value is -2.41. The molecular formula is C23H33N5O2. The number of nitrogens with one attached hydrogen (secondary N) is 2. The van der Waals surface area contributed by atoms with Crippen LogP contribution in [-0.4, -0.2) is 48.3 Å². The maximum absolute atomic E-state index is 12.4. The fraction of sp³-hybridized carbons (Fsp3) is 0.609. The fourth-order valence-electron chi connectivity index (χ4n) is 5.26. The Balaban J connectivity index is 1.57. The number of imide groups is 1. The van der Waals surface area contributed by atoms with E-state index < -0.39 is 5.92 Å². The lowest BCUT2D eigenvalue weighted by Gasteiger charge is -2.45. The summed E-state index contributed by atoms with van der Waals surface area (Å²) in [7, 11) is 1.93. The van der Waals surface area contributed by atoms with Crippen molar-refractivity contribution in [1.82, 2.24) is 20.4 Å². The summed E-state index contributed by atoms with van der Waals surface area (Å²) in [6.07, 6.45) is 7.08. The van der Waals surface area contributed by atoms with E-state index in [4.69, 9.17) is 0 Å². The predicted molar refractivity (Wildman–Crippen MR) is 119 cm³/mol. The molecule has 2 amide bonds. The molecule has 2 N–H and O–H groups in total.